The van der Waals surface area contributed by atoms with Crippen molar-refractivity contribution in [2.45, 2.75) is 38.4 Å². The molecule has 1 saturated heterocycles. The van der Waals surface area contributed by atoms with Crippen molar-refractivity contribution in [2.24, 2.45) is 11.8 Å². The first-order valence-electron chi connectivity index (χ1n) is 10.4. The number of fused-ring (bicyclic) bond motifs is 1. The van der Waals surface area contributed by atoms with Gasteiger partial charge in [0, 0.05) is 43.9 Å². The van der Waals surface area contributed by atoms with Crippen LogP contribution in [0.2, 0.25) is 0 Å². The normalized spacial score (nSPS) is 23.5. The smallest absolute Gasteiger partial charge is 0.337 e. The number of piperidine rings is 1. The van der Waals surface area contributed by atoms with Crippen LogP contribution in [0.3, 0.4) is 0 Å². The van der Waals surface area contributed by atoms with Crippen molar-refractivity contribution >= 4 is 15.9 Å². The minimum Gasteiger partial charge on any atom is -0.337 e. The number of aromatic amines is 1. The van der Waals surface area contributed by atoms with Gasteiger partial charge in [0.25, 0.3) is 5.91 Å². The molecule has 12 heteroatoms. The molecule has 1 unspecified atom stereocenters. The molecule has 7 nitrogen and oxygen atoms in total. The molecule has 1 amide bonds. The highest BCUT2D eigenvalue weighted by molar-refractivity contribution is 7.88. The van der Waals surface area contributed by atoms with E-state index in [1.165, 1.54) is 15.3 Å². The van der Waals surface area contributed by atoms with Crippen LogP contribution in [-0.4, -0.2) is 65.8 Å². The second kappa shape index (κ2) is 8.29. The van der Waals surface area contributed by atoms with Gasteiger partial charge < -0.3 is 4.90 Å². The quantitative estimate of drug-likeness (QED) is 0.680. The first-order chi connectivity index (χ1) is 15.0. The summed E-state index contributed by atoms with van der Waals surface area (Å²) in [5, 5.41) is 6.91. The Kier molecular flexibility index (Phi) is 5.95. The van der Waals surface area contributed by atoms with Crippen LogP contribution in [0.25, 0.3) is 0 Å². The molecule has 1 N–H and O–H groups in total. The fraction of sp³-hybridized carbons (Fsp3) is 0.600. The Labute approximate surface area is 183 Å². The summed E-state index contributed by atoms with van der Waals surface area (Å²) in [5.74, 6) is -2.96. The summed E-state index contributed by atoms with van der Waals surface area (Å²) in [6.45, 7) is 0.811. The van der Waals surface area contributed by atoms with Crippen LogP contribution in [0.5, 0.6) is 0 Å². The highest BCUT2D eigenvalue weighted by Crippen LogP contribution is 2.45. The number of sulfonamides is 1. The molecule has 0 radical (unpaired) electrons. The van der Waals surface area contributed by atoms with Gasteiger partial charge in [0.1, 0.15) is 5.83 Å². The van der Waals surface area contributed by atoms with Gasteiger partial charge in [-0.15, -0.1) is 0 Å². The molecule has 1 fully saturated rings. The van der Waals surface area contributed by atoms with Crippen molar-refractivity contribution in [3.8, 4) is 0 Å². The number of amides is 1. The van der Waals surface area contributed by atoms with E-state index in [9.17, 15) is 30.8 Å². The number of H-pyrrole nitrogens is 1. The van der Waals surface area contributed by atoms with Crippen LogP contribution in [0.15, 0.2) is 23.6 Å². The first-order valence-corrected chi connectivity index (χ1v) is 12.3. The molecule has 1 atom stereocenters. The molecule has 176 valence electrons. The largest absolute Gasteiger partial charge is 0.415 e. The van der Waals surface area contributed by atoms with E-state index >= 15 is 0 Å². The van der Waals surface area contributed by atoms with Gasteiger partial charge in [-0.3, -0.25) is 9.89 Å². The van der Waals surface area contributed by atoms with E-state index in [-0.39, 0.29) is 43.6 Å². The van der Waals surface area contributed by atoms with Gasteiger partial charge in [-0.05, 0) is 37.2 Å². The Hall–Kier alpha value is -2.21. The minimum absolute atomic E-state index is 0.0512. The topological polar surface area (TPSA) is 86.4 Å². The highest BCUT2D eigenvalue weighted by atomic mass is 32.2. The second-order valence-corrected chi connectivity index (χ2v) is 10.5. The summed E-state index contributed by atoms with van der Waals surface area (Å²) in [4.78, 5) is 14.6. The van der Waals surface area contributed by atoms with Gasteiger partial charge in [-0.2, -0.15) is 22.6 Å². The van der Waals surface area contributed by atoms with Crippen molar-refractivity contribution < 1.29 is 30.8 Å². The number of nitrogens with zero attached hydrogens (tertiary/aromatic N) is 3. The zero-order valence-corrected chi connectivity index (χ0v) is 18.3. The second-order valence-electron chi connectivity index (χ2n) is 8.51. The lowest BCUT2D eigenvalue weighted by Gasteiger charge is -2.38. The number of likely N-dealkylation sites (tertiary alicyclic amines) is 1. The van der Waals surface area contributed by atoms with Crippen molar-refractivity contribution in [1.29, 1.82) is 0 Å². The standard InChI is InChI=1S/C20H24F4N4O3S/c1-32(30,31)28-10-7-16-14(11-28)18(26-25-16)19(29)27-8-5-12(6-9-27)13-3-2-4-15(21)17(13)20(22,23)24/h2,4,12-13H,3,5-11H2,1H3,(H,25,26). The zero-order valence-electron chi connectivity index (χ0n) is 17.5. The molecule has 0 spiro atoms. The molecule has 2 aliphatic heterocycles. The number of allylic oxidation sites excluding steroid dienone is 4. The Morgan fingerprint density at radius 3 is 2.53 bits per heavy atom. The zero-order chi connectivity index (χ0) is 23.3. The summed E-state index contributed by atoms with van der Waals surface area (Å²) < 4.78 is 79.3. The molecule has 0 saturated carbocycles. The highest BCUT2D eigenvalue weighted by Gasteiger charge is 2.45. The molecule has 0 aromatic carbocycles. The first kappa shape index (κ1) is 23.0. The average Bonchev–Trinajstić information content (AvgIpc) is 3.15. The predicted molar refractivity (Wildman–Crippen MR) is 108 cm³/mol. The molecule has 1 aliphatic carbocycles. The fourth-order valence-electron chi connectivity index (χ4n) is 4.86. The van der Waals surface area contributed by atoms with E-state index in [0.717, 1.165) is 12.3 Å². The minimum atomic E-state index is -4.73. The third-order valence-electron chi connectivity index (χ3n) is 6.55. The summed E-state index contributed by atoms with van der Waals surface area (Å²) in [6, 6.07) is 0. The summed E-state index contributed by atoms with van der Waals surface area (Å²) >= 11 is 0. The maximum absolute atomic E-state index is 14.0. The average molecular weight is 476 g/mol. The number of hydrogen-bond donors (Lipinski definition) is 1. The predicted octanol–water partition coefficient (Wildman–Crippen LogP) is 2.94. The Balaban J connectivity index is 1.46. The van der Waals surface area contributed by atoms with Gasteiger partial charge in [-0.25, -0.2) is 12.8 Å². The number of halogens is 4. The van der Waals surface area contributed by atoms with E-state index < -0.39 is 33.5 Å². The molecule has 1 aromatic heterocycles. The van der Waals surface area contributed by atoms with Gasteiger partial charge in [0.15, 0.2) is 5.69 Å². The van der Waals surface area contributed by atoms with E-state index in [4.69, 9.17) is 0 Å². The number of carbonyl (C=O) groups is 1. The summed E-state index contributed by atoms with van der Waals surface area (Å²) in [7, 11) is -3.42. The fourth-order valence-corrected chi connectivity index (χ4v) is 5.65. The van der Waals surface area contributed by atoms with Crippen molar-refractivity contribution in [1.82, 2.24) is 19.4 Å². The third kappa shape index (κ3) is 4.34. The van der Waals surface area contributed by atoms with E-state index in [2.05, 4.69) is 10.2 Å². The van der Waals surface area contributed by atoms with Crippen LogP contribution in [0.4, 0.5) is 17.6 Å². The van der Waals surface area contributed by atoms with Gasteiger partial charge >= 0.3 is 6.18 Å². The summed E-state index contributed by atoms with van der Waals surface area (Å²) in [5.41, 5.74) is 0.296. The molecule has 4 rings (SSSR count). The number of alkyl halides is 3. The van der Waals surface area contributed by atoms with Crippen molar-refractivity contribution in [2.75, 3.05) is 25.9 Å². The Morgan fingerprint density at radius 1 is 1.22 bits per heavy atom. The number of nitrogens with one attached hydrogen (secondary N) is 1. The van der Waals surface area contributed by atoms with E-state index in [1.807, 2.05) is 0 Å². The van der Waals surface area contributed by atoms with E-state index in [0.29, 0.717) is 37.1 Å². The Morgan fingerprint density at radius 2 is 1.91 bits per heavy atom. The Bertz CT molecular complexity index is 1070. The molecule has 3 aliphatic rings. The van der Waals surface area contributed by atoms with Crippen molar-refractivity contribution in [3.05, 3.63) is 40.5 Å². The maximum atomic E-state index is 14.0. The number of carbonyl (C=O) groups excluding carboxylic acids is 1. The maximum Gasteiger partial charge on any atom is 0.415 e. The van der Waals surface area contributed by atoms with Crippen LogP contribution < -0.4 is 0 Å². The van der Waals surface area contributed by atoms with E-state index in [1.54, 1.807) is 0 Å². The monoisotopic (exact) mass is 476 g/mol. The molecule has 32 heavy (non-hydrogen) atoms. The SMILES string of the molecule is CS(=O)(=O)N1CCc2[nH]nc(C(=O)N3CCC(C4CC=CC(F)=C4C(F)(F)F)CC3)c2C1. The number of rotatable bonds is 3. The lowest BCUT2D eigenvalue weighted by molar-refractivity contribution is -0.105. The lowest BCUT2D eigenvalue weighted by atomic mass is 9.75. The molecular weight excluding hydrogens is 452 g/mol. The number of hydrogen-bond acceptors (Lipinski definition) is 4. The molecule has 1 aromatic rings. The molecule has 3 heterocycles. The van der Waals surface area contributed by atoms with Crippen LogP contribution in [0, 0.1) is 11.8 Å². The van der Waals surface area contributed by atoms with Crippen LogP contribution in [-0.2, 0) is 23.0 Å². The van der Waals surface area contributed by atoms with Gasteiger partial charge in [0.2, 0.25) is 10.0 Å². The summed E-state index contributed by atoms with van der Waals surface area (Å²) in [6.07, 6.45) is -0.149. The van der Waals surface area contributed by atoms with Crippen LogP contribution >= 0.6 is 0 Å². The molecule has 0 bridgehead atoms. The van der Waals surface area contributed by atoms with Crippen molar-refractivity contribution in [3.63, 3.8) is 0 Å². The van der Waals surface area contributed by atoms with Gasteiger partial charge in [0.05, 0.1) is 11.8 Å². The van der Waals surface area contributed by atoms with Gasteiger partial charge in [-0.1, -0.05) is 6.08 Å². The number of aromatic nitrogens is 2. The lowest BCUT2D eigenvalue weighted by Crippen LogP contribution is -2.42. The third-order valence-corrected chi connectivity index (χ3v) is 7.80. The van der Waals surface area contributed by atoms with Crippen LogP contribution in [0.1, 0.15) is 41.0 Å². The molecular formula is C20H24F4N4O3S.